The van der Waals surface area contributed by atoms with Crippen LogP contribution in [0.5, 0.6) is 0 Å². The molecule has 0 saturated heterocycles. The zero-order valence-corrected chi connectivity index (χ0v) is 11.2. The van der Waals surface area contributed by atoms with Crippen LogP contribution in [0, 0.1) is 11.8 Å². The SMILES string of the molecule is COC(=O)CCC(C)C(=O)N[C@H](C(=O)O)C(C)C. The molecule has 0 fully saturated rings. The van der Waals surface area contributed by atoms with Gasteiger partial charge in [-0.05, 0) is 12.3 Å². The van der Waals surface area contributed by atoms with Crippen LogP contribution in [0.4, 0.5) is 0 Å². The first-order valence-corrected chi connectivity index (χ1v) is 5.89. The highest BCUT2D eigenvalue weighted by Crippen LogP contribution is 2.09. The summed E-state index contributed by atoms with van der Waals surface area (Å²) >= 11 is 0. The number of rotatable bonds is 7. The number of carbonyl (C=O) groups is 3. The second kappa shape index (κ2) is 7.68. The van der Waals surface area contributed by atoms with Crippen LogP contribution in [-0.4, -0.2) is 36.1 Å². The van der Waals surface area contributed by atoms with Gasteiger partial charge in [-0.1, -0.05) is 20.8 Å². The molecule has 6 nitrogen and oxygen atoms in total. The molecule has 6 heteroatoms. The molecule has 0 heterocycles. The van der Waals surface area contributed by atoms with Crippen LogP contribution in [0.1, 0.15) is 33.6 Å². The van der Waals surface area contributed by atoms with E-state index in [1.54, 1.807) is 20.8 Å². The second-order valence-electron chi connectivity index (χ2n) is 4.58. The topological polar surface area (TPSA) is 92.7 Å². The molecule has 2 atom stereocenters. The number of carboxylic acid groups (broad SMARTS) is 1. The van der Waals surface area contributed by atoms with E-state index in [0.717, 1.165) is 0 Å². The summed E-state index contributed by atoms with van der Waals surface area (Å²) in [5.41, 5.74) is 0. The highest BCUT2D eigenvalue weighted by atomic mass is 16.5. The minimum Gasteiger partial charge on any atom is -0.480 e. The van der Waals surface area contributed by atoms with E-state index in [0.29, 0.717) is 6.42 Å². The van der Waals surface area contributed by atoms with Crippen molar-refractivity contribution >= 4 is 17.8 Å². The molecule has 0 aliphatic heterocycles. The van der Waals surface area contributed by atoms with Gasteiger partial charge in [0, 0.05) is 12.3 Å². The number of carbonyl (C=O) groups excluding carboxylic acids is 2. The van der Waals surface area contributed by atoms with Crippen molar-refractivity contribution in [3.63, 3.8) is 0 Å². The standard InChI is InChI=1S/C12H21NO5/c1-7(2)10(12(16)17)13-11(15)8(3)5-6-9(14)18-4/h7-8,10H,5-6H2,1-4H3,(H,13,15)(H,16,17)/t8?,10-/m0/s1. The summed E-state index contributed by atoms with van der Waals surface area (Å²) in [5, 5.41) is 11.4. The molecular weight excluding hydrogens is 238 g/mol. The number of esters is 1. The van der Waals surface area contributed by atoms with Crippen LogP contribution >= 0.6 is 0 Å². The Morgan fingerprint density at radius 2 is 1.78 bits per heavy atom. The Labute approximate surface area is 107 Å². The molecule has 0 aliphatic carbocycles. The number of methoxy groups -OCH3 is 1. The number of ether oxygens (including phenoxy) is 1. The first-order chi connectivity index (χ1) is 8.29. The van der Waals surface area contributed by atoms with Crippen molar-refractivity contribution < 1.29 is 24.2 Å². The van der Waals surface area contributed by atoms with Gasteiger partial charge in [0.1, 0.15) is 6.04 Å². The number of hydrogen-bond donors (Lipinski definition) is 2. The van der Waals surface area contributed by atoms with Crippen LogP contribution in [-0.2, 0) is 19.1 Å². The predicted octanol–water partition coefficient (Wildman–Crippen LogP) is 0.801. The lowest BCUT2D eigenvalue weighted by molar-refractivity contribution is -0.144. The maximum absolute atomic E-state index is 11.7. The normalized spacial score (nSPS) is 13.8. The van der Waals surface area contributed by atoms with E-state index < -0.39 is 17.9 Å². The van der Waals surface area contributed by atoms with Gasteiger partial charge in [-0.15, -0.1) is 0 Å². The molecule has 0 rings (SSSR count). The fraction of sp³-hybridized carbons (Fsp3) is 0.750. The first kappa shape index (κ1) is 16.4. The molecule has 0 spiro atoms. The first-order valence-electron chi connectivity index (χ1n) is 5.89. The maximum Gasteiger partial charge on any atom is 0.326 e. The molecule has 2 N–H and O–H groups in total. The second-order valence-corrected chi connectivity index (χ2v) is 4.58. The summed E-state index contributed by atoms with van der Waals surface area (Å²) in [4.78, 5) is 33.6. The van der Waals surface area contributed by atoms with Crippen molar-refractivity contribution in [2.75, 3.05) is 7.11 Å². The van der Waals surface area contributed by atoms with E-state index in [-0.39, 0.29) is 24.2 Å². The van der Waals surface area contributed by atoms with E-state index in [1.165, 1.54) is 7.11 Å². The lowest BCUT2D eigenvalue weighted by Gasteiger charge is -2.20. The van der Waals surface area contributed by atoms with Crippen LogP contribution in [0.15, 0.2) is 0 Å². The monoisotopic (exact) mass is 259 g/mol. The lowest BCUT2D eigenvalue weighted by Crippen LogP contribution is -2.46. The largest absolute Gasteiger partial charge is 0.480 e. The maximum atomic E-state index is 11.7. The quantitative estimate of drug-likeness (QED) is 0.660. The van der Waals surface area contributed by atoms with Gasteiger partial charge in [0.05, 0.1) is 7.11 Å². The number of aliphatic carboxylic acids is 1. The van der Waals surface area contributed by atoms with Gasteiger partial charge >= 0.3 is 11.9 Å². The Bertz CT molecular complexity index is 314. The van der Waals surface area contributed by atoms with Gasteiger partial charge in [-0.3, -0.25) is 9.59 Å². The average molecular weight is 259 g/mol. The fourth-order valence-corrected chi connectivity index (χ4v) is 1.38. The summed E-state index contributed by atoms with van der Waals surface area (Å²) in [7, 11) is 1.28. The van der Waals surface area contributed by atoms with E-state index in [2.05, 4.69) is 10.1 Å². The Balaban J connectivity index is 4.29. The van der Waals surface area contributed by atoms with Crippen molar-refractivity contribution in [1.29, 1.82) is 0 Å². The molecule has 1 unspecified atom stereocenters. The Morgan fingerprint density at radius 1 is 1.22 bits per heavy atom. The zero-order chi connectivity index (χ0) is 14.3. The Morgan fingerprint density at radius 3 is 2.17 bits per heavy atom. The van der Waals surface area contributed by atoms with Gasteiger partial charge in [0.2, 0.25) is 5.91 Å². The van der Waals surface area contributed by atoms with E-state index in [9.17, 15) is 14.4 Å². The smallest absolute Gasteiger partial charge is 0.326 e. The van der Waals surface area contributed by atoms with Crippen molar-refractivity contribution in [2.45, 2.75) is 39.7 Å². The minimum atomic E-state index is -1.06. The molecule has 104 valence electrons. The lowest BCUT2D eigenvalue weighted by atomic mass is 10.0. The van der Waals surface area contributed by atoms with Crippen molar-refractivity contribution in [2.24, 2.45) is 11.8 Å². The minimum absolute atomic E-state index is 0.143. The Hall–Kier alpha value is -1.59. The number of nitrogens with one attached hydrogen (secondary N) is 1. The molecule has 0 aliphatic rings. The predicted molar refractivity (Wildman–Crippen MR) is 64.8 cm³/mol. The average Bonchev–Trinajstić information content (AvgIpc) is 2.30. The zero-order valence-electron chi connectivity index (χ0n) is 11.2. The van der Waals surface area contributed by atoms with Crippen LogP contribution in [0.3, 0.4) is 0 Å². The van der Waals surface area contributed by atoms with Gasteiger partial charge in [0.25, 0.3) is 0 Å². The third-order valence-electron chi connectivity index (χ3n) is 2.69. The molecule has 0 saturated carbocycles. The highest BCUT2D eigenvalue weighted by molar-refractivity contribution is 5.85. The molecule has 0 aromatic heterocycles. The Kier molecular flexibility index (Phi) is 7.00. The van der Waals surface area contributed by atoms with E-state index >= 15 is 0 Å². The number of amides is 1. The van der Waals surface area contributed by atoms with Crippen molar-refractivity contribution in [3.8, 4) is 0 Å². The van der Waals surface area contributed by atoms with Crippen molar-refractivity contribution in [3.05, 3.63) is 0 Å². The van der Waals surface area contributed by atoms with Gasteiger partial charge in [-0.2, -0.15) is 0 Å². The summed E-state index contributed by atoms with van der Waals surface area (Å²) in [6.45, 7) is 5.09. The summed E-state index contributed by atoms with van der Waals surface area (Å²) in [5.74, 6) is -2.42. The molecular formula is C12H21NO5. The van der Waals surface area contributed by atoms with Gasteiger partial charge < -0.3 is 15.2 Å². The van der Waals surface area contributed by atoms with Crippen molar-refractivity contribution in [1.82, 2.24) is 5.32 Å². The third kappa shape index (κ3) is 5.65. The number of hydrogen-bond acceptors (Lipinski definition) is 4. The number of carboxylic acids is 1. The van der Waals surface area contributed by atoms with Crippen LogP contribution in [0.25, 0.3) is 0 Å². The third-order valence-corrected chi connectivity index (χ3v) is 2.69. The van der Waals surface area contributed by atoms with Gasteiger partial charge in [0.15, 0.2) is 0 Å². The van der Waals surface area contributed by atoms with Gasteiger partial charge in [-0.25, -0.2) is 4.79 Å². The van der Waals surface area contributed by atoms with E-state index in [4.69, 9.17) is 5.11 Å². The van der Waals surface area contributed by atoms with E-state index in [1.807, 2.05) is 0 Å². The summed E-state index contributed by atoms with van der Waals surface area (Å²) < 4.78 is 4.47. The summed E-state index contributed by atoms with van der Waals surface area (Å²) in [6.07, 6.45) is 0.480. The molecule has 1 amide bonds. The molecule has 0 aromatic carbocycles. The molecule has 0 bridgehead atoms. The molecule has 0 aromatic rings. The molecule has 18 heavy (non-hydrogen) atoms. The fourth-order valence-electron chi connectivity index (χ4n) is 1.38. The molecule has 0 radical (unpaired) electrons. The summed E-state index contributed by atoms with van der Waals surface area (Å²) in [6, 6.07) is -0.905. The van der Waals surface area contributed by atoms with Crippen LogP contribution < -0.4 is 5.32 Å². The van der Waals surface area contributed by atoms with Crippen LogP contribution in [0.2, 0.25) is 0 Å². The highest BCUT2D eigenvalue weighted by Gasteiger charge is 2.25.